The Kier molecular flexibility index (Phi) is 2.71. The maximum absolute atomic E-state index is 12.9. The zero-order valence-electron chi connectivity index (χ0n) is 13.4. The van der Waals surface area contributed by atoms with Crippen molar-refractivity contribution in [1.29, 1.82) is 0 Å². The molecule has 24 heavy (non-hydrogen) atoms. The van der Waals surface area contributed by atoms with E-state index in [1.165, 1.54) is 24.3 Å². The van der Waals surface area contributed by atoms with Crippen LogP contribution in [-0.2, 0) is 14.4 Å². The lowest BCUT2D eigenvalue weighted by molar-refractivity contribution is -0.138. The summed E-state index contributed by atoms with van der Waals surface area (Å²) in [4.78, 5) is 50.3. The lowest BCUT2D eigenvalue weighted by atomic mass is 9.68. The van der Waals surface area contributed by atoms with Crippen molar-refractivity contribution in [3.63, 3.8) is 0 Å². The molecule has 6 heteroatoms. The number of imide groups is 1. The van der Waals surface area contributed by atoms with E-state index in [0.29, 0.717) is 18.5 Å². The van der Waals surface area contributed by atoms with Gasteiger partial charge in [0.15, 0.2) is 0 Å². The van der Waals surface area contributed by atoms with E-state index in [0.717, 1.165) is 4.90 Å². The van der Waals surface area contributed by atoms with Gasteiger partial charge < -0.3 is 5.11 Å². The molecule has 1 aliphatic heterocycles. The van der Waals surface area contributed by atoms with E-state index in [1.807, 2.05) is 6.92 Å². The van der Waals surface area contributed by atoms with E-state index in [2.05, 4.69) is 0 Å². The van der Waals surface area contributed by atoms with Crippen molar-refractivity contribution in [2.75, 3.05) is 4.90 Å². The first kappa shape index (κ1) is 15.1. The average Bonchev–Trinajstić information content (AvgIpc) is 3.01. The molecule has 124 valence electrons. The topological polar surface area (TPSA) is 91.8 Å². The normalized spacial score (nSPS) is 37.2. The fourth-order valence-corrected chi connectivity index (χ4v) is 5.09. The highest BCUT2D eigenvalue weighted by Gasteiger charge is 2.74. The monoisotopic (exact) mass is 327 g/mol. The number of rotatable bonds is 2. The van der Waals surface area contributed by atoms with Crippen molar-refractivity contribution < 1.29 is 24.3 Å². The largest absolute Gasteiger partial charge is 0.478 e. The van der Waals surface area contributed by atoms with Gasteiger partial charge in [-0.2, -0.15) is 0 Å². The fraction of sp³-hybridized carbons (Fsp3) is 0.444. The van der Waals surface area contributed by atoms with Crippen LogP contribution in [0.3, 0.4) is 0 Å². The van der Waals surface area contributed by atoms with E-state index in [-0.39, 0.29) is 23.2 Å². The number of carbonyl (C=O) groups is 4. The number of carbonyl (C=O) groups excluding carboxylic acids is 3. The highest BCUT2D eigenvalue weighted by Crippen LogP contribution is 2.67. The van der Waals surface area contributed by atoms with Crippen LogP contribution in [0.25, 0.3) is 0 Å². The second-order valence-corrected chi connectivity index (χ2v) is 7.67. The second-order valence-electron chi connectivity index (χ2n) is 7.67. The Balaban J connectivity index is 1.76. The average molecular weight is 327 g/mol. The Hall–Kier alpha value is -2.50. The van der Waals surface area contributed by atoms with E-state index in [1.54, 1.807) is 6.92 Å². The maximum Gasteiger partial charge on any atom is 0.335 e. The predicted octanol–water partition coefficient (Wildman–Crippen LogP) is 1.88. The molecule has 1 N–H and O–H groups in total. The van der Waals surface area contributed by atoms with E-state index < -0.39 is 28.6 Å². The molecule has 2 bridgehead atoms. The molecule has 4 atom stereocenters. The van der Waals surface area contributed by atoms with Gasteiger partial charge in [0.25, 0.3) is 0 Å². The quantitative estimate of drug-likeness (QED) is 0.837. The van der Waals surface area contributed by atoms with Crippen molar-refractivity contribution in [3.05, 3.63) is 29.8 Å². The molecule has 0 radical (unpaired) electrons. The van der Waals surface area contributed by atoms with Gasteiger partial charge in [-0.05, 0) is 36.1 Å². The third-order valence-electron chi connectivity index (χ3n) is 6.09. The van der Waals surface area contributed by atoms with Crippen LogP contribution in [0, 0.1) is 22.7 Å². The number of aromatic carboxylic acids is 1. The first-order valence-electron chi connectivity index (χ1n) is 7.93. The van der Waals surface area contributed by atoms with Gasteiger partial charge in [-0.3, -0.25) is 19.3 Å². The molecule has 0 unspecified atom stereocenters. The summed E-state index contributed by atoms with van der Waals surface area (Å²) in [6.45, 7) is 3.72. The summed E-state index contributed by atoms with van der Waals surface area (Å²) in [6.07, 6.45) is 0.924. The molecule has 6 nitrogen and oxygen atoms in total. The van der Waals surface area contributed by atoms with E-state index in [4.69, 9.17) is 5.11 Å². The van der Waals surface area contributed by atoms with Gasteiger partial charge in [-0.1, -0.05) is 13.8 Å². The number of nitrogens with zero attached hydrogens (tertiary/aromatic N) is 1. The number of hydrogen-bond donors (Lipinski definition) is 1. The number of carboxylic acid groups (broad SMARTS) is 1. The highest BCUT2D eigenvalue weighted by atomic mass is 16.4. The number of anilines is 1. The predicted molar refractivity (Wildman–Crippen MR) is 83.3 cm³/mol. The molecule has 2 aliphatic carbocycles. The standard InChI is InChI=1S/C18H17NO5/c1-17-7-11(20)18(2,8-17)13-12(17)14(21)19(15(13)22)10-5-3-9(4-6-10)16(23)24/h3-6,12-13H,7-8H2,1-2H3,(H,23,24)/t12-,13+,17-,18-/m1/s1. The molecule has 1 aromatic carbocycles. The van der Waals surface area contributed by atoms with Crippen LogP contribution in [0.15, 0.2) is 24.3 Å². The molecule has 1 aromatic rings. The molecule has 3 aliphatic rings. The minimum atomic E-state index is -1.07. The van der Waals surface area contributed by atoms with Crippen LogP contribution in [0.2, 0.25) is 0 Å². The van der Waals surface area contributed by atoms with Crippen LogP contribution in [0.5, 0.6) is 0 Å². The smallest absolute Gasteiger partial charge is 0.335 e. The summed E-state index contributed by atoms with van der Waals surface area (Å²) < 4.78 is 0. The molecular weight excluding hydrogens is 310 g/mol. The summed E-state index contributed by atoms with van der Waals surface area (Å²) in [5.41, 5.74) is -0.767. The van der Waals surface area contributed by atoms with Crippen molar-refractivity contribution in [2.45, 2.75) is 26.7 Å². The van der Waals surface area contributed by atoms with Crippen LogP contribution < -0.4 is 4.90 Å². The van der Waals surface area contributed by atoms with Gasteiger partial charge in [-0.25, -0.2) is 4.79 Å². The minimum absolute atomic E-state index is 0.0653. The number of fused-ring (bicyclic) bond motifs is 5. The summed E-state index contributed by atoms with van der Waals surface area (Å²) >= 11 is 0. The molecule has 2 amide bonds. The van der Waals surface area contributed by atoms with Gasteiger partial charge in [0, 0.05) is 11.8 Å². The maximum atomic E-state index is 12.9. The highest BCUT2D eigenvalue weighted by molar-refractivity contribution is 6.24. The number of Topliss-reactive ketones (excluding diaryl/α,β-unsaturated/α-hetero) is 1. The summed E-state index contributed by atoms with van der Waals surface area (Å²) in [5, 5.41) is 8.97. The number of ketones is 1. The van der Waals surface area contributed by atoms with Crippen molar-refractivity contribution in [3.8, 4) is 0 Å². The van der Waals surface area contributed by atoms with E-state index in [9.17, 15) is 19.2 Å². The molecule has 1 heterocycles. The number of hydrogen-bond acceptors (Lipinski definition) is 4. The molecule has 0 spiro atoms. The SMILES string of the molecule is C[C@@]12CC(=O)[C@@](C)(C1)[C@@H]1C(=O)N(c3ccc(C(=O)O)cc3)C(=O)[C@@H]12. The van der Waals surface area contributed by atoms with Crippen molar-refractivity contribution >= 4 is 29.3 Å². The summed E-state index contributed by atoms with van der Waals surface area (Å²) in [7, 11) is 0. The van der Waals surface area contributed by atoms with Crippen LogP contribution in [-0.4, -0.2) is 28.7 Å². The second kappa shape index (κ2) is 4.32. The Labute approximate surface area is 138 Å². The zero-order chi connectivity index (χ0) is 17.4. The Morgan fingerprint density at radius 3 is 2.25 bits per heavy atom. The van der Waals surface area contributed by atoms with Crippen LogP contribution in [0.4, 0.5) is 5.69 Å². The number of carboxylic acids is 1. The van der Waals surface area contributed by atoms with Gasteiger partial charge in [0.05, 0.1) is 23.1 Å². The molecular formula is C18H17NO5. The van der Waals surface area contributed by atoms with E-state index >= 15 is 0 Å². The first-order valence-corrected chi connectivity index (χ1v) is 7.93. The molecule has 2 saturated carbocycles. The Morgan fingerprint density at radius 2 is 1.67 bits per heavy atom. The third-order valence-corrected chi connectivity index (χ3v) is 6.09. The number of benzene rings is 1. The first-order chi connectivity index (χ1) is 11.2. The molecule has 3 fully saturated rings. The summed E-state index contributed by atoms with van der Waals surface area (Å²) in [6, 6.07) is 5.68. The third kappa shape index (κ3) is 1.60. The van der Waals surface area contributed by atoms with Crippen molar-refractivity contribution in [1.82, 2.24) is 0 Å². The molecule has 0 aromatic heterocycles. The Morgan fingerprint density at radius 1 is 1.08 bits per heavy atom. The van der Waals surface area contributed by atoms with Crippen LogP contribution >= 0.6 is 0 Å². The zero-order valence-corrected chi connectivity index (χ0v) is 13.4. The molecule has 4 rings (SSSR count). The van der Waals surface area contributed by atoms with Gasteiger partial charge in [-0.15, -0.1) is 0 Å². The number of amides is 2. The lowest BCUT2D eigenvalue weighted by Crippen LogP contribution is -2.40. The van der Waals surface area contributed by atoms with Gasteiger partial charge in [0.1, 0.15) is 5.78 Å². The van der Waals surface area contributed by atoms with Crippen LogP contribution in [0.1, 0.15) is 37.0 Å². The van der Waals surface area contributed by atoms with Gasteiger partial charge in [0.2, 0.25) is 11.8 Å². The van der Waals surface area contributed by atoms with Crippen molar-refractivity contribution in [2.24, 2.45) is 22.7 Å². The summed E-state index contributed by atoms with van der Waals surface area (Å²) in [5.74, 6) is -2.68. The lowest BCUT2D eigenvalue weighted by Gasteiger charge is -2.30. The Bertz CT molecular complexity index is 813. The molecule has 1 saturated heterocycles. The fourth-order valence-electron chi connectivity index (χ4n) is 5.09. The minimum Gasteiger partial charge on any atom is -0.478 e. The van der Waals surface area contributed by atoms with Gasteiger partial charge >= 0.3 is 5.97 Å².